The van der Waals surface area contributed by atoms with Crippen molar-refractivity contribution in [2.24, 2.45) is 0 Å². The Hall–Kier alpha value is -2.28. The minimum Gasteiger partial charge on any atom is -0.491 e. The molecule has 0 radical (unpaired) electrons. The van der Waals surface area contributed by atoms with Gasteiger partial charge in [0.1, 0.15) is 5.75 Å². The van der Waals surface area contributed by atoms with Crippen molar-refractivity contribution in [1.82, 2.24) is 0 Å². The van der Waals surface area contributed by atoms with E-state index in [0.717, 1.165) is 5.75 Å². The second-order valence-corrected chi connectivity index (χ2v) is 5.26. The fraction of sp³-hybridized carbons (Fsp3) is 0.158. The first kappa shape index (κ1) is 12.7. The zero-order valence-electron chi connectivity index (χ0n) is 11.8. The molecule has 0 heterocycles. The van der Waals surface area contributed by atoms with E-state index in [9.17, 15) is 0 Å². The van der Waals surface area contributed by atoms with Crippen molar-refractivity contribution in [2.45, 2.75) is 20.0 Å². The van der Waals surface area contributed by atoms with Crippen molar-refractivity contribution >= 4 is 10.8 Å². The molecular formula is C19H18O. The van der Waals surface area contributed by atoms with E-state index in [2.05, 4.69) is 54.6 Å². The minimum absolute atomic E-state index is 0.205. The molecule has 0 unspecified atom stereocenters. The predicted octanol–water partition coefficient (Wildman–Crippen LogP) is 5.29. The van der Waals surface area contributed by atoms with Crippen molar-refractivity contribution in [3.63, 3.8) is 0 Å². The van der Waals surface area contributed by atoms with Crippen LogP contribution in [0.1, 0.15) is 13.8 Å². The summed E-state index contributed by atoms with van der Waals surface area (Å²) >= 11 is 0. The van der Waals surface area contributed by atoms with Crippen LogP contribution in [0.5, 0.6) is 5.75 Å². The highest BCUT2D eigenvalue weighted by molar-refractivity contribution is 5.88. The molecule has 0 N–H and O–H groups in total. The molecule has 0 atom stereocenters. The lowest BCUT2D eigenvalue weighted by molar-refractivity contribution is 0.243. The van der Waals surface area contributed by atoms with Gasteiger partial charge in [-0.1, -0.05) is 48.5 Å². The summed E-state index contributed by atoms with van der Waals surface area (Å²) in [6.07, 6.45) is 0.205. The molecule has 0 fully saturated rings. The van der Waals surface area contributed by atoms with Crippen LogP contribution in [0.15, 0.2) is 66.7 Å². The summed E-state index contributed by atoms with van der Waals surface area (Å²) in [5.41, 5.74) is 2.49. The van der Waals surface area contributed by atoms with Crippen molar-refractivity contribution in [1.29, 1.82) is 0 Å². The van der Waals surface area contributed by atoms with Gasteiger partial charge in [0.2, 0.25) is 0 Å². The molecule has 20 heavy (non-hydrogen) atoms. The molecule has 0 spiro atoms. The molecule has 0 aliphatic rings. The molecule has 0 bridgehead atoms. The molecular weight excluding hydrogens is 244 g/mol. The summed E-state index contributed by atoms with van der Waals surface area (Å²) < 4.78 is 5.74. The van der Waals surface area contributed by atoms with Crippen LogP contribution in [0.2, 0.25) is 0 Å². The van der Waals surface area contributed by atoms with Gasteiger partial charge in [0.05, 0.1) is 6.10 Å². The summed E-state index contributed by atoms with van der Waals surface area (Å²) in [6.45, 7) is 4.09. The first-order valence-electron chi connectivity index (χ1n) is 6.98. The molecule has 1 nitrogen and oxygen atoms in total. The number of hydrogen-bond donors (Lipinski definition) is 0. The summed E-state index contributed by atoms with van der Waals surface area (Å²) in [5.74, 6) is 0.931. The predicted molar refractivity (Wildman–Crippen MR) is 85.1 cm³/mol. The Labute approximate surface area is 119 Å². The van der Waals surface area contributed by atoms with Crippen LogP contribution in [0.4, 0.5) is 0 Å². The molecule has 3 rings (SSSR count). The molecule has 100 valence electrons. The van der Waals surface area contributed by atoms with E-state index in [0.29, 0.717) is 0 Å². The van der Waals surface area contributed by atoms with E-state index in [1.165, 1.54) is 21.9 Å². The van der Waals surface area contributed by atoms with Gasteiger partial charge in [-0.05, 0) is 53.9 Å². The Balaban J connectivity index is 2.00. The zero-order valence-corrected chi connectivity index (χ0v) is 11.8. The Morgan fingerprint density at radius 3 is 2.15 bits per heavy atom. The van der Waals surface area contributed by atoms with Gasteiger partial charge in [-0.25, -0.2) is 0 Å². The van der Waals surface area contributed by atoms with Gasteiger partial charge in [0.15, 0.2) is 0 Å². The average Bonchev–Trinajstić information content (AvgIpc) is 2.47. The standard InChI is InChI=1S/C19H18O/c1-14(2)20-19-11-10-17-12-16(8-9-18(17)13-19)15-6-4-3-5-7-15/h3-14H,1-2H3. The molecule has 0 aliphatic heterocycles. The Morgan fingerprint density at radius 2 is 1.40 bits per heavy atom. The number of hydrogen-bond acceptors (Lipinski definition) is 1. The van der Waals surface area contributed by atoms with Crippen molar-refractivity contribution < 1.29 is 4.74 Å². The fourth-order valence-corrected chi connectivity index (χ4v) is 2.38. The van der Waals surface area contributed by atoms with Gasteiger partial charge in [-0.15, -0.1) is 0 Å². The number of ether oxygens (including phenoxy) is 1. The molecule has 1 heteroatoms. The highest BCUT2D eigenvalue weighted by Gasteiger charge is 2.02. The normalized spacial score (nSPS) is 10.9. The highest BCUT2D eigenvalue weighted by Crippen LogP contribution is 2.27. The van der Waals surface area contributed by atoms with Gasteiger partial charge < -0.3 is 4.74 Å². The van der Waals surface area contributed by atoms with Crippen molar-refractivity contribution in [3.8, 4) is 16.9 Å². The summed E-state index contributed by atoms with van der Waals surface area (Å²) in [7, 11) is 0. The van der Waals surface area contributed by atoms with Crippen LogP contribution in [-0.2, 0) is 0 Å². The van der Waals surface area contributed by atoms with E-state index >= 15 is 0 Å². The lowest BCUT2D eigenvalue weighted by atomic mass is 10.0. The summed E-state index contributed by atoms with van der Waals surface area (Å²) in [4.78, 5) is 0. The second-order valence-electron chi connectivity index (χ2n) is 5.26. The highest BCUT2D eigenvalue weighted by atomic mass is 16.5. The van der Waals surface area contributed by atoms with Gasteiger partial charge in [0, 0.05) is 0 Å². The van der Waals surface area contributed by atoms with Gasteiger partial charge in [-0.3, -0.25) is 0 Å². The van der Waals surface area contributed by atoms with Crippen LogP contribution in [0, 0.1) is 0 Å². The van der Waals surface area contributed by atoms with E-state index in [4.69, 9.17) is 4.74 Å². The third-order valence-corrected chi connectivity index (χ3v) is 3.29. The molecule has 0 aliphatic carbocycles. The second kappa shape index (κ2) is 5.38. The Bertz CT molecular complexity index is 714. The number of benzene rings is 3. The average molecular weight is 262 g/mol. The summed E-state index contributed by atoms with van der Waals surface area (Å²) in [5, 5.41) is 2.45. The molecule has 0 amide bonds. The first-order chi connectivity index (χ1) is 9.72. The number of fused-ring (bicyclic) bond motifs is 1. The number of rotatable bonds is 3. The van der Waals surface area contributed by atoms with E-state index in [1.807, 2.05) is 26.0 Å². The van der Waals surface area contributed by atoms with Crippen molar-refractivity contribution in [3.05, 3.63) is 66.7 Å². The lowest BCUT2D eigenvalue weighted by Crippen LogP contribution is -2.05. The van der Waals surface area contributed by atoms with Crippen LogP contribution in [0.25, 0.3) is 21.9 Å². The van der Waals surface area contributed by atoms with E-state index in [1.54, 1.807) is 0 Å². The molecule has 0 aromatic heterocycles. The van der Waals surface area contributed by atoms with Crippen LogP contribution in [0.3, 0.4) is 0 Å². The minimum atomic E-state index is 0.205. The quantitative estimate of drug-likeness (QED) is 0.623. The van der Waals surface area contributed by atoms with Crippen molar-refractivity contribution in [2.75, 3.05) is 0 Å². The van der Waals surface area contributed by atoms with E-state index in [-0.39, 0.29) is 6.10 Å². The van der Waals surface area contributed by atoms with Crippen LogP contribution in [-0.4, -0.2) is 6.10 Å². The van der Waals surface area contributed by atoms with Crippen LogP contribution >= 0.6 is 0 Å². The van der Waals surface area contributed by atoms with Gasteiger partial charge >= 0.3 is 0 Å². The summed E-state index contributed by atoms with van der Waals surface area (Å²) in [6, 6.07) is 23.3. The molecule has 0 saturated carbocycles. The fourth-order valence-electron chi connectivity index (χ4n) is 2.38. The Kier molecular flexibility index (Phi) is 3.42. The maximum absolute atomic E-state index is 5.74. The third-order valence-electron chi connectivity index (χ3n) is 3.29. The van der Waals surface area contributed by atoms with Gasteiger partial charge in [-0.2, -0.15) is 0 Å². The molecule has 0 saturated heterocycles. The van der Waals surface area contributed by atoms with Crippen LogP contribution < -0.4 is 4.74 Å². The smallest absolute Gasteiger partial charge is 0.120 e. The maximum atomic E-state index is 5.74. The zero-order chi connectivity index (χ0) is 13.9. The monoisotopic (exact) mass is 262 g/mol. The van der Waals surface area contributed by atoms with E-state index < -0.39 is 0 Å². The first-order valence-corrected chi connectivity index (χ1v) is 6.98. The maximum Gasteiger partial charge on any atom is 0.120 e. The third kappa shape index (κ3) is 2.67. The SMILES string of the molecule is CC(C)Oc1ccc2cc(-c3ccccc3)ccc2c1. The molecule has 3 aromatic carbocycles. The van der Waals surface area contributed by atoms with Gasteiger partial charge in [0.25, 0.3) is 0 Å². The Morgan fingerprint density at radius 1 is 0.700 bits per heavy atom. The largest absolute Gasteiger partial charge is 0.491 e. The molecule has 3 aromatic rings. The topological polar surface area (TPSA) is 9.23 Å². The lowest BCUT2D eigenvalue weighted by Gasteiger charge is -2.11.